The Hall–Kier alpha value is -1.36. The highest BCUT2D eigenvalue weighted by Crippen LogP contribution is 2.19. The van der Waals surface area contributed by atoms with Crippen LogP contribution < -0.4 is 0 Å². The second kappa shape index (κ2) is 65.9. The maximum absolute atomic E-state index is 12.3. The van der Waals surface area contributed by atoms with Gasteiger partial charge in [-0.1, -0.05) is 360 Å². The average molecular weight is 1040 g/mol. The van der Waals surface area contributed by atoms with Crippen LogP contribution in [-0.2, 0) is 19.1 Å². The van der Waals surface area contributed by atoms with E-state index in [0.29, 0.717) is 12.8 Å². The molecule has 0 spiro atoms. The van der Waals surface area contributed by atoms with E-state index in [1.54, 1.807) is 0 Å². The Morgan fingerprint density at radius 1 is 0.297 bits per heavy atom. The number of ether oxygens (including phenoxy) is 2. The van der Waals surface area contributed by atoms with Gasteiger partial charge < -0.3 is 14.6 Å². The molecule has 0 aliphatic carbocycles. The largest absolute Gasteiger partial charge is 0.462 e. The highest BCUT2D eigenvalue weighted by atomic mass is 16.6. The van der Waals surface area contributed by atoms with E-state index in [4.69, 9.17) is 9.47 Å². The molecular weight excluding hydrogens is 909 g/mol. The number of aliphatic hydroxyl groups is 1. The molecule has 0 saturated carbocycles. The van der Waals surface area contributed by atoms with Gasteiger partial charge in [-0.3, -0.25) is 9.59 Å². The monoisotopic (exact) mass is 1040 g/mol. The lowest BCUT2D eigenvalue weighted by Gasteiger charge is -2.15. The zero-order chi connectivity index (χ0) is 53.4. The Kier molecular flexibility index (Phi) is 64.7. The number of hydrogen-bond acceptors (Lipinski definition) is 5. The van der Waals surface area contributed by atoms with Crippen LogP contribution in [0.4, 0.5) is 0 Å². The number of carbonyl (C=O) groups excluding carboxylic acids is 2. The molecule has 5 heteroatoms. The van der Waals surface area contributed by atoms with Crippen LogP contribution in [0.5, 0.6) is 0 Å². The molecule has 0 bridgehead atoms. The van der Waals surface area contributed by atoms with Crippen molar-refractivity contribution in [2.45, 2.75) is 405 Å². The lowest BCUT2D eigenvalue weighted by Crippen LogP contribution is -2.28. The van der Waals surface area contributed by atoms with E-state index in [1.807, 2.05) is 0 Å². The van der Waals surface area contributed by atoms with Gasteiger partial charge in [-0.05, 0) is 38.5 Å². The van der Waals surface area contributed by atoms with E-state index >= 15 is 0 Å². The first-order valence-electron chi connectivity index (χ1n) is 34.2. The highest BCUT2D eigenvalue weighted by molar-refractivity contribution is 5.70. The Morgan fingerprint density at radius 3 is 0.730 bits per heavy atom. The second-order valence-corrected chi connectivity index (χ2v) is 23.6. The van der Waals surface area contributed by atoms with E-state index in [0.717, 1.165) is 32.1 Å². The Labute approximate surface area is 464 Å². The first-order chi connectivity index (χ1) is 36.6. The van der Waals surface area contributed by atoms with Gasteiger partial charge in [0.2, 0.25) is 0 Å². The van der Waals surface area contributed by atoms with E-state index in [9.17, 15) is 14.7 Å². The third kappa shape index (κ3) is 63.2. The molecule has 0 aliphatic rings. The van der Waals surface area contributed by atoms with Crippen LogP contribution in [0, 0.1) is 0 Å². The summed E-state index contributed by atoms with van der Waals surface area (Å²) in [6.07, 6.45) is 84.0. The van der Waals surface area contributed by atoms with Crippen molar-refractivity contribution in [1.82, 2.24) is 0 Å². The zero-order valence-corrected chi connectivity index (χ0v) is 50.7. The molecule has 0 aliphatic heterocycles. The molecule has 5 nitrogen and oxygen atoms in total. The second-order valence-electron chi connectivity index (χ2n) is 23.6. The van der Waals surface area contributed by atoms with Gasteiger partial charge in [0, 0.05) is 12.8 Å². The molecule has 1 atom stereocenters. The third-order valence-electron chi connectivity index (χ3n) is 16.1. The summed E-state index contributed by atoms with van der Waals surface area (Å²) in [5.74, 6) is -0.562. The minimum absolute atomic E-state index is 0.0563. The summed E-state index contributed by atoms with van der Waals surface area (Å²) in [4.78, 5) is 24.6. The van der Waals surface area contributed by atoms with Crippen molar-refractivity contribution in [3.63, 3.8) is 0 Å². The van der Waals surface area contributed by atoms with Crippen LogP contribution in [-0.4, -0.2) is 36.4 Å². The van der Waals surface area contributed by atoms with Gasteiger partial charge >= 0.3 is 11.9 Å². The van der Waals surface area contributed by atoms with Crippen molar-refractivity contribution in [1.29, 1.82) is 0 Å². The van der Waals surface area contributed by atoms with Gasteiger partial charge in [0.25, 0.3) is 0 Å². The molecule has 74 heavy (non-hydrogen) atoms. The Morgan fingerprint density at radius 2 is 0.500 bits per heavy atom. The Bertz CT molecular complexity index is 1090. The SMILES string of the molecule is CCCCCCCCCC/C=C\CCCCCCCCCCCCCCCCCCCCCCCCCCCCCCCC(=O)OC(CO)COC(=O)CCCCCCCCCCCCCCCCCCCCC. The fourth-order valence-corrected chi connectivity index (χ4v) is 10.9. The molecular formula is C69H134O5. The predicted octanol–water partition coefficient (Wildman–Crippen LogP) is 23.4. The maximum Gasteiger partial charge on any atom is 0.306 e. The van der Waals surface area contributed by atoms with Crippen molar-refractivity contribution in [2.24, 2.45) is 0 Å². The van der Waals surface area contributed by atoms with Gasteiger partial charge in [-0.2, -0.15) is 0 Å². The highest BCUT2D eigenvalue weighted by Gasteiger charge is 2.16. The molecule has 440 valence electrons. The van der Waals surface area contributed by atoms with Gasteiger partial charge in [-0.15, -0.1) is 0 Å². The maximum atomic E-state index is 12.3. The molecule has 1 unspecified atom stereocenters. The van der Waals surface area contributed by atoms with Gasteiger partial charge in [0.1, 0.15) is 6.61 Å². The zero-order valence-electron chi connectivity index (χ0n) is 50.7. The third-order valence-corrected chi connectivity index (χ3v) is 16.1. The van der Waals surface area contributed by atoms with E-state index in [2.05, 4.69) is 26.0 Å². The number of allylic oxidation sites excluding steroid dienone is 2. The Balaban J connectivity index is 3.33. The standard InChI is InChI=1S/C69H134O5/c1-3-5-7-9-11-13-15-17-19-21-23-24-25-26-27-28-29-30-31-32-33-34-35-36-37-38-39-40-41-42-43-44-46-48-50-52-54-56-58-60-62-64-69(72)74-67(65-70)66-73-68(71)63-61-59-57-55-53-51-49-47-45-22-20-18-16-14-12-10-8-6-4-2/h21,23,67,70H,3-20,22,24-66H2,1-2H3/b23-21-. The van der Waals surface area contributed by atoms with Crippen LogP contribution in [0.15, 0.2) is 12.2 Å². The summed E-state index contributed by atoms with van der Waals surface area (Å²) in [6.45, 7) is 4.21. The average Bonchev–Trinajstić information content (AvgIpc) is 3.40. The van der Waals surface area contributed by atoms with Crippen LogP contribution in [0.25, 0.3) is 0 Å². The van der Waals surface area contributed by atoms with Crippen molar-refractivity contribution in [3.05, 3.63) is 12.2 Å². The minimum atomic E-state index is -0.766. The molecule has 0 radical (unpaired) electrons. The molecule has 0 aromatic heterocycles. The van der Waals surface area contributed by atoms with Crippen molar-refractivity contribution < 1.29 is 24.2 Å². The number of esters is 2. The summed E-state index contributed by atoms with van der Waals surface area (Å²) in [5.41, 5.74) is 0. The molecule has 0 aromatic carbocycles. The number of carbonyl (C=O) groups is 2. The molecule has 0 rings (SSSR count). The van der Waals surface area contributed by atoms with Crippen LogP contribution in [0.2, 0.25) is 0 Å². The summed E-state index contributed by atoms with van der Waals surface area (Å²) in [5, 5.41) is 9.68. The lowest BCUT2D eigenvalue weighted by molar-refractivity contribution is -0.161. The van der Waals surface area contributed by atoms with Crippen LogP contribution >= 0.6 is 0 Å². The van der Waals surface area contributed by atoms with E-state index in [-0.39, 0.29) is 25.2 Å². The predicted molar refractivity (Wildman–Crippen MR) is 325 cm³/mol. The summed E-state index contributed by atoms with van der Waals surface area (Å²) < 4.78 is 10.7. The number of rotatable bonds is 65. The van der Waals surface area contributed by atoms with Gasteiger partial charge in [0.15, 0.2) is 6.10 Å². The van der Waals surface area contributed by atoms with Crippen LogP contribution in [0.1, 0.15) is 399 Å². The van der Waals surface area contributed by atoms with Crippen molar-refractivity contribution >= 4 is 11.9 Å². The number of hydrogen-bond donors (Lipinski definition) is 1. The van der Waals surface area contributed by atoms with Crippen LogP contribution in [0.3, 0.4) is 0 Å². The molecule has 1 N–H and O–H groups in total. The first kappa shape index (κ1) is 72.6. The fourth-order valence-electron chi connectivity index (χ4n) is 10.9. The molecule has 0 saturated heterocycles. The summed E-state index contributed by atoms with van der Waals surface area (Å²) in [7, 11) is 0. The quantitative estimate of drug-likeness (QED) is 0.0373. The molecule has 0 amide bonds. The van der Waals surface area contributed by atoms with Gasteiger partial charge in [-0.25, -0.2) is 0 Å². The summed E-state index contributed by atoms with van der Waals surface area (Å²) >= 11 is 0. The minimum Gasteiger partial charge on any atom is -0.462 e. The normalized spacial score (nSPS) is 12.1. The summed E-state index contributed by atoms with van der Waals surface area (Å²) in [6, 6.07) is 0. The smallest absolute Gasteiger partial charge is 0.306 e. The lowest BCUT2D eigenvalue weighted by atomic mass is 10.0. The topological polar surface area (TPSA) is 72.8 Å². The van der Waals surface area contributed by atoms with Gasteiger partial charge in [0.05, 0.1) is 6.61 Å². The number of aliphatic hydroxyl groups excluding tert-OH is 1. The molecule has 0 aromatic rings. The molecule has 0 heterocycles. The van der Waals surface area contributed by atoms with Crippen molar-refractivity contribution in [2.75, 3.05) is 13.2 Å². The van der Waals surface area contributed by atoms with E-state index in [1.165, 1.54) is 340 Å². The molecule has 0 fully saturated rings. The fraction of sp³-hybridized carbons (Fsp3) is 0.942. The van der Waals surface area contributed by atoms with Crippen molar-refractivity contribution in [3.8, 4) is 0 Å². The first-order valence-corrected chi connectivity index (χ1v) is 34.2. The number of unbranched alkanes of at least 4 members (excludes halogenated alkanes) is 55. The van der Waals surface area contributed by atoms with E-state index < -0.39 is 6.10 Å².